The number of hydrogen-bond donors (Lipinski definition) is 1. The first-order chi connectivity index (χ1) is 8.61. The molecule has 2 N–H and O–H groups in total. The summed E-state index contributed by atoms with van der Waals surface area (Å²) < 4.78 is 19.8. The van der Waals surface area contributed by atoms with E-state index in [-0.39, 0.29) is 12.4 Å². The lowest BCUT2D eigenvalue weighted by atomic mass is 10.2. The molecule has 1 aromatic carbocycles. The molecule has 0 fully saturated rings. The van der Waals surface area contributed by atoms with Gasteiger partial charge in [-0.05, 0) is 46.6 Å². The summed E-state index contributed by atoms with van der Waals surface area (Å²) in [7, 11) is 0. The minimum atomic E-state index is -0.377. The molecule has 0 bridgehead atoms. The van der Waals surface area contributed by atoms with Crippen molar-refractivity contribution in [1.82, 2.24) is 4.98 Å². The van der Waals surface area contributed by atoms with Gasteiger partial charge < -0.3 is 10.5 Å². The number of halogens is 2. The maximum atomic E-state index is 13.5. The minimum absolute atomic E-state index is 0.0749. The van der Waals surface area contributed by atoms with Crippen LogP contribution in [-0.4, -0.2) is 4.98 Å². The Balaban J connectivity index is 2.37. The van der Waals surface area contributed by atoms with Crippen LogP contribution >= 0.6 is 15.9 Å². The maximum absolute atomic E-state index is 13.5. The van der Waals surface area contributed by atoms with E-state index in [1.807, 2.05) is 13.0 Å². The third kappa shape index (κ3) is 2.68. The van der Waals surface area contributed by atoms with Gasteiger partial charge in [0.1, 0.15) is 11.6 Å². The first-order valence-electron chi connectivity index (χ1n) is 5.39. The van der Waals surface area contributed by atoms with Crippen molar-refractivity contribution in [3.05, 3.63) is 51.9 Å². The molecule has 2 rings (SSSR count). The number of nitrogens with two attached hydrogens (primary N) is 1. The van der Waals surface area contributed by atoms with Crippen LogP contribution in [-0.2, 0) is 6.54 Å². The zero-order valence-corrected chi connectivity index (χ0v) is 11.4. The Labute approximate surface area is 113 Å². The van der Waals surface area contributed by atoms with Crippen LogP contribution in [0.4, 0.5) is 4.39 Å². The molecule has 2 aromatic rings. The van der Waals surface area contributed by atoms with Crippen molar-refractivity contribution in [2.24, 2.45) is 5.73 Å². The predicted octanol–water partition coefficient (Wildman–Crippen LogP) is 3.54. The van der Waals surface area contributed by atoms with Crippen molar-refractivity contribution in [2.45, 2.75) is 13.5 Å². The molecule has 0 radical (unpaired) electrons. The molecule has 94 valence electrons. The zero-order chi connectivity index (χ0) is 13.1. The Bertz CT molecular complexity index is 575. The Kier molecular flexibility index (Phi) is 3.93. The van der Waals surface area contributed by atoms with Crippen molar-refractivity contribution in [3.8, 4) is 11.6 Å². The molecular formula is C13H12BrFN2O. The summed E-state index contributed by atoms with van der Waals surface area (Å²) in [5.41, 5.74) is 6.86. The molecule has 0 amide bonds. The molecule has 0 spiro atoms. The molecule has 0 aliphatic carbocycles. The van der Waals surface area contributed by atoms with Gasteiger partial charge in [0, 0.05) is 18.3 Å². The molecule has 5 heteroatoms. The van der Waals surface area contributed by atoms with Gasteiger partial charge in [-0.15, -0.1) is 0 Å². The van der Waals surface area contributed by atoms with Gasteiger partial charge in [0.05, 0.1) is 4.47 Å². The van der Waals surface area contributed by atoms with Crippen LogP contribution in [0.25, 0.3) is 0 Å². The van der Waals surface area contributed by atoms with Gasteiger partial charge >= 0.3 is 0 Å². The summed E-state index contributed by atoms with van der Waals surface area (Å²) in [6, 6.07) is 6.47. The molecule has 0 saturated carbocycles. The van der Waals surface area contributed by atoms with Crippen LogP contribution in [0.5, 0.6) is 11.6 Å². The van der Waals surface area contributed by atoms with Gasteiger partial charge in [-0.3, -0.25) is 0 Å². The molecule has 3 nitrogen and oxygen atoms in total. The molecule has 0 aliphatic heterocycles. The van der Waals surface area contributed by atoms with E-state index < -0.39 is 0 Å². The number of rotatable bonds is 3. The number of aryl methyl sites for hydroxylation is 1. The van der Waals surface area contributed by atoms with Crippen LogP contribution < -0.4 is 10.5 Å². The average molecular weight is 311 g/mol. The highest BCUT2D eigenvalue weighted by atomic mass is 79.9. The summed E-state index contributed by atoms with van der Waals surface area (Å²) in [5.74, 6) is 0.397. The number of pyridine rings is 1. The fraction of sp³-hybridized carbons (Fsp3) is 0.154. The molecule has 0 aliphatic rings. The first kappa shape index (κ1) is 13.0. The molecule has 0 atom stereocenters. The summed E-state index contributed by atoms with van der Waals surface area (Å²) in [5, 5.41) is 0. The normalized spacial score (nSPS) is 10.4. The van der Waals surface area contributed by atoms with Crippen LogP contribution in [0.2, 0.25) is 0 Å². The predicted molar refractivity (Wildman–Crippen MR) is 71.0 cm³/mol. The van der Waals surface area contributed by atoms with E-state index in [0.29, 0.717) is 17.2 Å². The molecule has 0 unspecified atom stereocenters. The van der Waals surface area contributed by atoms with Crippen molar-refractivity contribution in [3.63, 3.8) is 0 Å². The third-order valence-electron chi connectivity index (χ3n) is 2.43. The lowest BCUT2D eigenvalue weighted by molar-refractivity contribution is 0.446. The third-order valence-corrected chi connectivity index (χ3v) is 3.00. The van der Waals surface area contributed by atoms with Crippen molar-refractivity contribution in [2.75, 3.05) is 0 Å². The monoisotopic (exact) mass is 310 g/mol. The Morgan fingerprint density at radius 3 is 2.89 bits per heavy atom. The van der Waals surface area contributed by atoms with E-state index in [1.165, 1.54) is 6.07 Å². The van der Waals surface area contributed by atoms with Crippen molar-refractivity contribution < 1.29 is 9.13 Å². The fourth-order valence-corrected chi connectivity index (χ4v) is 2.08. The Morgan fingerprint density at radius 1 is 1.44 bits per heavy atom. The van der Waals surface area contributed by atoms with E-state index in [4.69, 9.17) is 10.5 Å². The summed E-state index contributed by atoms with van der Waals surface area (Å²) in [4.78, 5) is 4.15. The molecular weight excluding hydrogens is 299 g/mol. The molecule has 1 heterocycles. The van der Waals surface area contributed by atoms with E-state index >= 15 is 0 Å². The van der Waals surface area contributed by atoms with Gasteiger partial charge in [-0.2, -0.15) is 0 Å². The van der Waals surface area contributed by atoms with E-state index in [9.17, 15) is 4.39 Å². The van der Waals surface area contributed by atoms with Gasteiger partial charge in [0.2, 0.25) is 5.88 Å². The minimum Gasteiger partial charge on any atom is -0.437 e. The van der Waals surface area contributed by atoms with E-state index in [1.54, 1.807) is 18.3 Å². The quantitative estimate of drug-likeness (QED) is 0.943. The summed E-state index contributed by atoms with van der Waals surface area (Å²) in [6.45, 7) is 2.00. The van der Waals surface area contributed by atoms with E-state index in [0.717, 1.165) is 10.0 Å². The second-order valence-corrected chi connectivity index (χ2v) is 4.68. The highest BCUT2D eigenvalue weighted by Crippen LogP contribution is 2.30. The topological polar surface area (TPSA) is 48.1 Å². The summed E-state index contributed by atoms with van der Waals surface area (Å²) >= 11 is 3.36. The van der Waals surface area contributed by atoms with Crippen LogP contribution in [0.3, 0.4) is 0 Å². The summed E-state index contributed by atoms with van der Waals surface area (Å²) in [6.07, 6.45) is 1.68. The lowest BCUT2D eigenvalue weighted by Gasteiger charge is -2.11. The van der Waals surface area contributed by atoms with Crippen LogP contribution in [0.1, 0.15) is 11.1 Å². The smallest absolute Gasteiger partial charge is 0.233 e. The van der Waals surface area contributed by atoms with Gasteiger partial charge in [0.25, 0.3) is 0 Å². The second-order valence-electron chi connectivity index (χ2n) is 3.82. The van der Waals surface area contributed by atoms with Crippen molar-refractivity contribution in [1.29, 1.82) is 0 Å². The standard InChI is InChI=1S/C13H12BrFN2O/c1-8-5-10(14)13(17-7-8)18-12-4-2-3-11(15)9(12)6-16/h2-5,7H,6,16H2,1H3. The second kappa shape index (κ2) is 5.46. The molecule has 18 heavy (non-hydrogen) atoms. The fourth-order valence-electron chi connectivity index (χ4n) is 1.53. The Hall–Kier alpha value is -1.46. The number of nitrogens with zero attached hydrogens (tertiary/aromatic N) is 1. The molecule has 1 aromatic heterocycles. The van der Waals surface area contributed by atoms with Gasteiger partial charge in [-0.25, -0.2) is 9.37 Å². The number of benzene rings is 1. The van der Waals surface area contributed by atoms with Crippen molar-refractivity contribution >= 4 is 15.9 Å². The number of hydrogen-bond acceptors (Lipinski definition) is 3. The first-order valence-corrected chi connectivity index (χ1v) is 6.18. The van der Waals surface area contributed by atoms with E-state index in [2.05, 4.69) is 20.9 Å². The number of ether oxygens (including phenoxy) is 1. The molecule has 0 saturated heterocycles. The van der Waals surface area contributed by atoms with Crippen LogP contribution in [0, 0.1) is 12.7 Å². The van der Waals surface area contributed by atoms with Gasteiger partial charge in [0.15, 0.2) is 0 Å². The Morgan fingerprint density at radius 2 is 2.22 bits per heavy atom. The number of aromatic nitrogens is 1. The highest BCUT2D eigenvalue weighted by molar-refractivity contribution is 9.10. The van der Waals surface area contributed by atoms with Gasteiger partial charge in [-0.1, -0.05) is 6.07 Å². The van der Waals surface area contributed by atoms with Crippen LogP contribution in [0.15, 0.2) is 34.9 Å². The zero-order valence-electron chi connectivity index (χ0n) is 9.78. The SMILES string of the molecule is Cc1cnc(Oc2cccc(F)c2CN)c(Br)c1. The highest BCUT2D eigenvalue weighted by Gasteiger charge is 2.11. The largest absolute Gasteiger partial charge is 0.437 e. The lowest BCUT2D eigenvalue weighted by Crippen LogP contribution is -2.03. The average Bonchev–Trinajstić information content (AvgIpc) is 2.33. The maximum Gasteiger partial charge on any atom is 0.233 e.